The summed E-state index contributed by atoms with van der Waals surface area (Å²) in [5.41, 5.74) is 0.157. The molecule has 24 heavy (non-hydrogen) atoms. The lowest BCUT2D eigenvalue weighted by Gasteiger charge is -2.03. The second-order valence-corrected chi connectivity index (χ2v) is 4.97. The van der Waals surface area contributed by atoms with Gasteiger partial charge in [-0.2, -0.15) is 0 Å². The Morgan fingerprint density at radius 3 is 2.88 bits per heavy atom. The minimum atomic E-state index is -1.07. The van der Waals surface area contributed by atoms with Crippen molar-refractivity contribution in [3.05, 3.63) is 48.4 Å². The normalized spacial score (nSPS) is 10.7. The Balaban J connectivity index is 1.46. The number of aromatic nitrogens is 3. The molecule has 3 rings (SSSR count). The highest BCUT2D eigenvalue weighted by atomic mass is 16.5. The molecule has 0 saturated carbocycles. The first kappa shape index (κ1) is 15.5. The van der Waals surface area contributed by atoms with Crippen LogP contribution in [-0.2, 0) is 6.54 Å². The average molecular weight is 330 g/mol. The molecule has 0 bridgehead atoms. The van der Waals surface area contributed by atoms with E-state index in [9.17, 15) is 9.59 Å². The Morgan fingerprint density at radius 2 is 2.17 bits per heavy atom. The van der Waals surface area contributed by atoms with E-state index < -0.39 is 5.97 Å². The maximum absolute atomic E-state index is 12.0. The molecule has 1 amide bonds. The molecule has 0 unspecified atom stereocenters. The van der Waals surface area contributed by atoms with Crippen molar-refractivity contribution >= 4 is 11.9 Å². The van der Waals surface area contributed by atoms with Crippen LogP contribution in [0.5, 0.6) is 0 Å². The van der Waals surface area contributed by atoms with E-state index in [1.54, 1.807) is 16.7 Å². The maximum Gasteiger partial charge on any atom is 0.356 e. The molecule has 3 aromatic rings. The fourth-order valence-electron chi connectivity index (χ4n) is 2.06. The predicted octanol–water partition coefficient (Wildman–Crippen LogP) is 1.65. The number of carbonyl (C=O) groups is 2. The number of aryl methyl sites for hydroxylation is 1. The predicted molar refractivity (Wildman–Crippen MR) is 80.3 cm³/mol. The zero-order valence-corrected chi connectivity index (χ0v) is 12.5. The van der Waals surface area contributed by atoms with Gasteiger partial charge in [-0.3, -0.25) is 4.79 Å². The summed E-state index contributed by atoms with van der Waals surface area (Å²) in [7, 11) is 0. The molecule has 2 N–H and O–H groups in total. The number of nitrogens with one attached hydrogen (secondary N) is 1. The van der Waals surface area contributed by atoms with Gasteiger partial charge in [0.25, 0.3) is 5.91 Å². The Bertz CT molecular complexity index is 834. The van der Waals surface area contributed by atoms with E-state index in [4.69, 9.17) is 14.0 Å². The van der Waals surface area contributed by atoms with Gasteiger partial charge in [0.1, 0.15) is 0 Å². The number of nitrogens with zero attached hydrogens (tertiary/aromatic N) is 3. The number of hydrogen-bond donors (Lipinski definition) is 2. The van der Waals surface area contributed by atoms with Gasteiger partial charge in [0.2, 0.25) is 5.76 Å². The Morgan fingerprint density at radius 1 is 1.29 bits per heavy atom. The molecule has 0 aliphatic rings. The molecule has 9 nitrogen and oxygen atoms in total. The topological polar surface area (TPSA) is 123 Å². The first-order valence-electron chi connectivity index (χ1n) is 7.17. The third kappa shape index (κ3) is 3.51. The van der Waals surface area contributed by atoms with Crippen LogP contribution in [0.4, 0.5) is 0 Å². The number of furan rings is 1. The number of carboxylic acid groups (broad SMARTS) is 1. The number of amides is 1. The fourth-order valence-corrected chi connectivity index (χ4v) is 2.06. The molecule has 0 spiro atoms. The van der Waals surface area contributed by atoms with Gasteiger partial charge in [0, 0.05) is 25.4 Å². The monoisotopic (exact) mass is 330 g/mol. The SMILES string of the molecule is O=C(O)c1cn(CCCNC(=O)c2cc(-c3ccco3)on2)cn1. The number of hydrogen-bond acceptors (Lipinski definition) is 6. The van der Waals surface area contributed by atoms with Crippen molar-refractivity contribution in [1.29, 1.82) is 0 Å². The lowest BCUT2D eigenvalue weighted by molar-refractivity contribution is 0.0690. The van der Waals surface area contributed by atoms with Gasteiger partial charge in [-0.1, -0.05) is 5.16 Å². The zero-order valence-electron chi connectivity index (χ0n) is 12.5. The summed E-state index contributed by atoms with van der Waals surface area (Å²) in [6, 6.07) is 4.92. The minimum Gasteiger partial charge on any atom is -0.476 e. The van der Waals surface area contributed by atoms with E-state index in [2.05, 4.69) is 15.5 Å². The van der Waals surface area contributed by atoms with Crippen LogP contribution in [0.1, 0.15) is 27.4 Å². The van der Waals surface area contributed by atoms with Gasteiger partial charge in [0.15, 0.2) is 17.1 Å². The Hall–Kier alpha value is -3.36. The number of aromatic carboxylic acids is 1. The molecule has 0 aliphatic heterocycles. The molecule has 3 aromatic heterocycles. The molecular weight excluding hydrogens is 316 g/mol. The van der Waals surface area contributed by atoms with Crippen molar-refractivity contribution in [2.75, 3.05) is 6.54 Å². The molecule has 0 saturated heterocycles. The highest BCUT2D eigenvalue weighted by Crippen LogP contribution is 2.20. The second kappa shape index (κ2) is 6.82. The molecule has 124 valence electrons. The van der Waals surface area contributed by atoms with Gasteiger partial charge in [0.05, 0.1) is 12.6 Å². The molecule has 0 aromatic carbocycles. The first-order valence-corrected chi connectivity index (χ1v) is 7.17. The molecule has 3 heterocycles. The Labute approximate surface area is 135 Å². The first-order chi connectivity index (χ1) is 11.6. The summed E-state index contributed by atoms with van der Waals surface area (Å²) < 4.78 is 11.9. The van der Waals surface area contributed by atoms with Crippen LogP contribution in [0.3, 0.4) is 0 Å². The van der Waals surface area contributed by atoms with Crippen molar-refractivity contribution < 1.29 is 23.6 Å². The van der Waals surface area contributed by atoms with E-state index in [0.717, 1.165) is 0 Å². The fraction of sp³-hybridized carbons (Fsp3) is 0.200. The summed E-state index contributed by atoms with van der Waals surface area (Å²) in [6.45, 7) is 0.944. The number of carboxylic acids is 1. The third-order valence-electron chi connectivity index (χ3n) is 3.24. The lowest BCUT2D eigenvalue weighted by atomic mass is 10.3. The van der Waals surface area contributed by atoms with Crippen LogP contribution < -0.4 is 5.32 Å². The Kier molecular flexibility index (Phi) is 4.41. The highest BCUT2D eigenvalue weighted by molar-refractivity contribution is 5.92. The molecule has 0 atom stereocenters. The number of imidazole rings is 1. The van der Waals surface area contributed by atoms with E-state index in [1.807, 2.05) is 0 Å². The smallest absolute Gasteiger partial charge is 0.356 e. The molecule has 0 fully saturated rings. The van der Waals surface area contributed by atoms with Gasteiger partial charge >= 0.3 is 5.97 Å². The second-order valence-electron chi connectivity index (χ2n) is 4.97. The number of carbonyl (C=O) groups excluding carboxylic acids is 1. The molecule has 0 aliphatic carbocycles. The van der Waals surface area contributed by atoms with Crippen molar-refractivity contribution in [3.8, 4) is 11.5 Å². The molecule has 0 radical (unpaired) electrons. The summed E-state index contributed by atoms with van der Waals surface area (Å²) >= 11 is 0. The zero-order chi connectivity index (χ0) is 16.9. The van der Waals surface area contributed by atoms with Crippen LogP contribution in [0.15, 0.2) is 45.9 Å². The van der Waals surface area contributed by atoms with Crippen molar-refractivity contribution in [3.63, 3.8) is 0 Å². The highest BCUT2D eigenvalue weighted by Gasteiger charge is 2.14. The van der Waals surface area contributed by atoms with E-state index in [-0.39, 0.29) is 17.3 Å². The standard InChI is InChI=1S/C15H14N4O5/c20-14(10-7-13(24-18-10)12-3-1-6-23-12)16-4-2-5-19-8-11(15(21)22)17-9-19/h1,3,6-9H,2,4-5H2,(H,16,20)(H,21,22). The van der Waals surface area contributed by atoms with Gasteiger partial charge in [-0.15, -0.1) is 0 Å². The van der Waals surface area contributed by atoms with E-state index >= 15 is 0 Å². The van der Waals surface area contributed by atoms with Crippen molar-refractivity contribution in [2.24, 2.45) is 0 Å². The van der Waals surface area contributed by atoms with Gasteiger partial charge < -0.3 is 23.9 Å². The van der Waals surface area contributed by atoms with Crippen molar-refractivity contribution in [2.45, 2.75) is 13.0 Å². The molecule has 9 heteroatoms. The van der Waals surface area contributed by atoms with Gasteiger partial charge in [-0.05, 0) is 18.6 Å². The van der Waals surface area contributed by atoms with Crippen LogP contribution in [0.2, 0.25) is 0 Å². The molecular formula is C15H14N4O5. The van der Waals surface area contributed by atoms with E-state index in [0.29, 0.717) is 31.0 Å². The van der Waals surface area contributed by atoms with Crippen LogP contribution in [-0.4, -0.2) is 38.2 Å². The van der Waals surface area contributed by atoms with Gasteiger partial charge in [-0.25, -0.2) is 9.78 Å². The summed E-state index contributed by atoms with van der Waals surface area (Å²) in [4.78, 5) is 26.4. The van der Waals surface area contributed by atoms with Crippen LogP contribution in [0.25, 0.3) is 11.5 Å². The third-order valence-corrected chi connectivity index (χ3v) is 3.24. The van der Waals surface area contributed by atoms with Crippen molar-refractivity contribution in [1.82, 2.24) is 20.0 Å². The lowest BCUT2D eigenvalue weighted by Crippen LogP contribution is -2.25. The summed E-state index contributed by atoms with van der Waals surface area (Å²) in [5.74, 6) is -0.547. The maximum atomic E-state index is 12.0. The quantitative estimate of drug-likeness (QED) is 0.631. The largest absolute Gasteiger partial charge is 0.476 e. The van der Waals surface area contributed by atoms with Crippen LogP contribution in [0, 0.1) is 0 Å². The van der Waals surface area contributed by atoms with E-state index in [1.165, 1.54) is 24.9 Å². The summed E-state index contributed by atoms with van der Waals surface area (Å²) in [5, 5.41) is 15.2. The van der Waals surface area contributed by atoms with Crippen LogP contribution >= 0.6 is 0 Å². The average Bonchev–Trinajstić information content (AvgIpc) is 3.32. The minimum absolute atomic E-state index is 0.00733. The number of rotatable bonds is 7. The summed E-state index contributed by atoms with van der Waals surface area (Å²) in [6.07, 6.45) is 5.00.